The van der Waals surface area contributed by atoms with Gasteiger partial charge in [-0.05, 0) is 80.3 Å². The van der Waals surface area contributed by atoms with Crippen molar-refractivity contribution in [1.82, 2.24) is 15.3 Å². The van der Waals surface area contributed by atoms with Gasteiger partial charge in [0.1, 0.15) is 6.07 Å². The first-order valence-electron chi connectivity index (χ1n) is 10.4. The highest BCUT2D eigenvalue weighted by molar-refractivity contribution is 6.03. The molecule has 0 bridgehead atoms. The lowest BCUT2D eigenvalue weighted by molar-refractivity contribution is 0.101. The molecular formula is C23H27N5O. The third-order valence-electron chi connectivity index (χ3n) is 6.03. The Morgan fingerprint density at radius 3 is 2.79 bits per heavy atom. The van der Waals surface area contributed by atoms with Crippen molar-refractivity contribution in [3.05, 3.63) is 53.1 Å². The molecule has 2 aromatic rings. The maximum Gasteiger partial charge on any atom is 0.291 e. The number of aromatic nitrogens is 2. The van der Waals surface area contributed by atoms with Crippen LogP contribution in [0, 0.1) is 17.2 Å². The maximum atomic E-state index is 12.7. The van der Waals surface area contributed by atoms with Crippen molar-refractivity contribution in [2.75, 3.05) is 18.4 Å². The number of allylic oxidation sites excluding steroid dienone is 2. The van der Waals surface area contributed by atoms with E-state index in [-0.39, 0.29) is 17.4 Å². The number of carbonyl (C=O) groups excluding carboxylic acids is 1. The Bertz CT molecular complexity index is 962. The maximum absolute atomic E-state index is 12.7. The molecule has 29 heavy (non-hydrogen) atoms. The molecule has 1 aromatic carbocycles. The van der Waals surface area contributed by atoms with Gasteiger partial charge >= 0.3 is 0 Å². The lowest BCUT2D eigenvalue weighted by Gasteiger charge is -2.26. The number of nitriles is 1. The van der Waals surface area contributed by atoms with Crippen molar-refractivity contribution in [1.29, 1.82) is 5.26 Å². The van der Waals surface area contributed by atoms with Crippen LogP contribution >= 0.6 is 0 Å². The molecule has 4 rings (SSSR count). The highest BCUT2D eigenvalue weighted by Crippen LogP contribution is 2.37. The van der Waals surface area contributed by atoms with Gasteiger partial charge in [-0.3, -0.25) is 4.79 Å². The molecule has 2 aliphatic rings. The fourth-order valence-corrected chi connectivity index (χ4v) is 4.23. The molecule has 3 N–H and O–H groups in total. The molecule has 1 unspecified atom stereocenters. The zero-order valence-corrected chi connectivity index (χ0v) is 16.8. The molecule has 2 heterocycles. The number of H-pyrrole nitrogens is 1. The second-order valence-electron chi connectivity index (χ2n) is 8.14. The van der Waals surface area contributed by atoms with Gasteiger partial charge in [-0.1, -0.05) is 19.1 Å². The highest BCUT2D eigenvalue weighted by Gasteiger charge is 2.21. The molecular weight excluding hydrogens is 362 g/mol. The number of hydrogen-bond donors (Lipinski definition) is 3. The average Bonchev–Trinajstić information content (AvgIpc) is 3.25. The monoisotopic (exact) mass is 389 g/mol. The number of piperidine rings is 1. The Labute approximate surface area is 171 Å². The number of carbonyl (C=O) groups is 1. The zero-order chi connectivity index (χ0) is 20.2. The Morgan fingerprint density at radius 1 is 1.28 bits per heavy atom. The minimum Gasteiger partial charge on any atom is -0.339 e. The number of anilines is 1. The van der Waals surface area contributed by atoms with Gasteiger partial charge in [0.05, 0.1) is 0 Å². The molecule has 150 valence electrons. The van der Waals surface area contributed by atoms with E-state index in [0.29, 0.717) is 11.8 Å². The molecule has 1 aliphatic heterocycles. The molecule has 1 atom stereocenters. The van der Waals surface area contributed by atoms with Gasteiger partial charge in [0.2, 0.25) is 0 Å². The number of nitrogens with zero attached hydrogens (tertiary/aromatic N) is 2. The summed E-state index contributed by atoms with van der Waals surface area (Å²) in [5.41, 5.74) is 4.80. The van der Waals surface area contributed by atoms with Gasteiger partial charge in [0.15, 0.2) is 11.5 Å². The minimum absolute atomic E-state index is 0.154. The summed E-state index contributed by atoms with van der Waals surface area (Å²) in [6.45, 7) is 4.39. The van der Waals surface area contributed by atoms with Crippen LogP contribution in [0.15, 0.2) is 30.5 Å². The number of rotatable bonds is 4. The molecule has 0 spiro atoms. The van der Waals surface area contributed by atoms with Gasteiger partial charge in [-0.25, -0.2) is 4.98 Å². The number of benzene rings is 1. The molecule has 6 nitrogen and oxygen atoms in total. The summed E-state index contributed by atoms with van der Waals surface area (Å²) in [6, 6.07) is 8.38. The summed E-state index contributed by atoms with van der Waals surface area (Å²) in [5, 5.41) is 15.4. The number of amides is 1. The largest absolute Gasteiger partial charge is 0.339 e. The van der Waals surface area contributed by atoms with Gasteiger partial charge in [-0.15, -0.1) is 0 Å². The molecule has 6 heteroatoms. The zero-order valence-electron chi connectivity index (χ0n) is 16.8. The van der Waals surface area contributed by atoms with E-state index in [1.165, 1.54) is 23.8 Å². The van der Waals surface area contributed by atoms with Crippen molar-refractivity contribution in [2.45, 2.75) is 44.9 Å². The van der Waals surface area contributed by atoms with Crippen LogP contribution in [0.25, 0.3) is 5.57 Å². The molecule has 1 amide bonds. The number of nitrogens with one attached hydrogen (secondary N) is 3. The van der Waals surface area contributed by atoms with Crippen LogP contribution in [0.1, 0.15) is 72.4 Å². The first kappa shape index (κ1) is 19.4. The molecule has 1 aliphatic carbocycles. The van der Waals surface area contributed by atoms with Crippen molar-refractivity contribution in [3.8, 4) is 6.07 Å². The Hall–Kier alpha value is -2.91. The van der Waals surface area contributed by atoms with Crippen molar-refractivity contribution >= 4 is 17.2 Å². The van der Waals surface area contributed by atoms with Gasteiger partial charge < -0.3 is 15.6 Å². The Kier molecular flexibility index (Phi) is 5.77. The van der Waals surface area contributed by atoms with E-state index in [0.717, 1.165) is 50.0 Å². The van der Waals surface area contributed by atoms with E-state index in [9.17, 15) is 4.79 Å². The fourth-order valence-electron chi connectivity index (χ4n) is 4.23. The molecule has 0 saturated carbocycles. The average molecular weight is 390 g/mol. The topological polar surface area (TPSA) is 93.6 Å². The van der Waals surface area contributed by atoms with Crippen molar-refractivity contribution in [3.63, 3.8) is 0 Å². The van der Waals surface area contributed by atoms with Crippen LogP contribution in [0.4, 0.5) is 5.69 Å². The smallest absolute Gasteiger partial charge is 0.291 e. The molecule has 1 saturated heterocycles. The van der Waals surface area contributed by atoms with Crippen LogP contribution < -0.4 is 10.6 Å². The molecule has 1 fully saturated rings. The second-order valence-corrected chi connectivity index (χ2v) is 8.14. The number of imidazole rings is 1. The summed E-state index contributed by atoms with van der Waals surface area (Å²) in [5.74, 6) is 1.09. The SMILES string of the molecule is CC1CC=C(c2cc(C3CCNCC3)ccc2NC(=O)c2nc(C#N)c[nH]2)CC1. The van der Waals surface area contributed by atoms with E-state index >= 15 is 0 Å². The van der Waals surface area contributed by atoms with Gasteiger partial charge in [0, 0.05) is 17.4 Å². The summed E-state index contributed by atoms with van der Waals surface area (Å²) in [4.78, 5) is 19.5. The van der Waals surface area contributed by atoms with Gasteiger partial charge in [-0.2, -0.15) is 5.26 Å². The van der Waals surface area contributed by atoms with Crippen LogP contribution in [-0.4, -0.2) is 29.0 Å². The summed E-state index contributed by atoms with van der Waals surface area (Å²) in [7, 11) is 0. The lowest BCUT2D eigenvalue weighted by atomic mass is 9.84. The van der Waals surface area contributed by atoms with Gasteiger partial charge in [0.25, 0.3) is 5.91 Å². The van der Waals surface area contributed by atoms with Crippen molar-refractivity contribution < 1.29 is 4.79 Å². The first-order valence-corrected chi connectivity index (χ1v) is 10.4. The number of aromatic amines is 1. The normalized spacial score (nSPS) is 20.0. The Balaban J connectivity index is 1.64. The predicted molar refractivity (Wildman–Crippen MR) is 114 cm³/mol. The molecule has 1 aromatic heterocycles. The molecule has 0 radical (unpaired) electrons. The quantitative estimate of drug-likeness (QED) is 0.730. The third-order valence-corrected chi connectivity index (χ3v) is 6.03. The van der Waals surface area contributed by atoms with E-state index in [1.54, 1.807) is 0 Å². The van der Waals surface area contributed by atoms with Crippen molar-refractivity contribution in [2.24, 2.45) is 5.92 Å². The minimum atomic E-state index is -0.327. The fraction of sp³-hybridized carbons (Fsp3) is 0.435. The third kappa shape index (κ3) is 4.41. The van der Waals surface area contributed by atoms with E-state index in [1.807, 2.05) is 12.1 Å². The van der Waals surface area contributed by atoms with E-state index < -0.39 is 0 Å². The first-order chi connectivity index (χ1) is 14.1. The standard InChI is InChI=1S/C23H27N5O/c1-15-2-4-17(5-3-15)20-12-18(16-8-10-25-11-9-16)6-7-21(20)28-23(29)22-26-14-19(13-24)27-22/h4,6-7,12,14-16,25H,2-3,5,8-11H2,1H3,(H,26,27)(H,28,29). The highest BCUT2D eigenvalue weighted by atomic mass is 16.2. The summed E-state index contributed by atoms with van der Waals surface area (Å²) in [6.07, 6.45) is 9.33. The summed E-state index contributed by atoms with van der Waals surface area (Å²) < 4.78 is 0. The van der Waals surface area contributed by atoms with E-state index in [2.05, 4.69) is 45.7 Å². The van der Waals surface area contributed by atoms with Crippen LogP contribution in [0.3, 0.4) is 0 Å². The predicted octanol–water partition coefficient (Wildman–Crippen LogP) is 4.20. The van der Waals surface area contributed by atoms with Crippen LogP contribution in [0.5, 0.6) is 0 Å². The van der Waals surface area contributed by atoms with Crippen LogP contribution in [0.2, 0.25) is 0 Å². The van der Waals surface area contributed by atoms with Crippen LogP contribution in [-0.2, 0) is 0 Å². The lowest BCUT2D eigenvalue weighted by Crippen LogP contribution is -2.26. The second kappa shape index (κ2) is 8.62. The Morgan fingerprint density at radius 2 is 2.10 bits per heavy atom. The number of hydrogen-bond acceptors (Lipinski definition) is 4. The van der Waals surface area contributed by atoms with E-state index in [4.69, 9.17) is 5.26 Å². The summed E-state index contributed by atoms with van der Waals surface area (Å²) >= 11 is 0.